The highest BCUT2D eigenvalue weighted by molar-refractivity contribution is 8.01. The Hall–Kier alpha value is -0.530. The van der Waals surface area contributed by atoms with Crippen molar-refractivity contribution < 1.29 is 9.32 Å². The van der Waals surface area contributed by atoms with E-state index < -0.39 is 0 Å². The molecule has 0 bridgehead atoms. The van der Waals surface area contributed by atoms with Gasteiger partial charge in [0, 0.05) is 4.90 Å². The van der Waals surface area contributed by atoms with Crippen molar-refractivity contribution in [2.45, 2.75) is 23.5 Å². The van der Waals surface area contributed by atoms with Gasteiger partial charge in [-0.3, -0.25) is 0 Å². The Bertz CT molecular complexity index is 347. The molecule has 0 aliphatic rings. The number of hydrogen-bond acceptors (Lipinski definition) is 3. The van der Waals surface area contributed by atoms with Crippen LogP contribution < -0.4 is 4.52 Å². The van der Waals surface area contributed by atoms with Crippen LogP contribution >= 0.6 is 19.9 Å². The van der Waals surface area contributed by atoms with Crippen LogP contribution in [-0.2, 0) is 4.79 Å². The number of rotatable bonds is 5. The predicted octanol–water partition coefficient (Wildman–Crippen LogP) is 3.79. The molecule has 1 aromatic carbocycles. The van der Waals surface area contributed by atoms with Gasteiger partial charge in [-0.25, -0.2) is 0 Å². The minimum atomic E-state index is -0.379. The first-order chi connectivity index (χ1) is 7.43. The highest BCUT2D eigenvalue weighted by Crippen LogP contribution is 2.34. The third kappa shape index (κ3) is 4.54. The van der Waals surface area contributed by atoms with Crippen molar-refractivity contribution in [3.05, 3.63) is 24.3 Å². The van der Waals surface area contributed by atoms with Gasteiger partial charge < -0.3 is 9.32 Å². The molecule has 0 heterocycles. The summed E-state index contributed by atoms with van der Waals surface area (Å²) in [5, 5.41) is 0. The van der Waals surface area contributed by atoms with Gasteiger partial charge in [-0.15, -0.1) is 11.8 Å². The topological polar surface area (TPSA) is 26.3 Å². The average molecular weight is 256 g/mol. The first-order valence-corrected chi connectivity index (χ1v) is 8.01. The molecule has 0 radical (unpaired) electrons. The van der Waals surface area contributed by atoms with Crippen LogP contribution in [0.1, 0.15) is 13.8 Å². The zero-order valence-corrected chi connectivity index (χ0v) is 11.8. The summed E-state index contributed by atoms with van der Waals surface area (Å²) in [4.78, 5) is 11.9. The van der Waals surface area contributed by atoms with Crippen molar-refractivity contribution in [1.82, 2.24) is 0 Å². The van der Waals surface area contributed by atoms with E-state index in [2.05, 4.69) is 13.3 Å². The second-order valence-electron chi connectivity index (χ2n) is 4.20. The van der Waals surface area contributed by atoms with Crippen LogP contribution in [0.2, 0.25) is 0 Å². The van der Waals surface area contributed by atoms with Gasteiger partial charge in [0.2, 0.25) is 0 Å². The molecule has 1 rings (SSSR count). The summed E-state index contributed by atoms with van der Waals surface area (Å²) < 4.78 is 5.24. The lowest BCUT2D eigenvalue weighted by Gasteiger charge is -2.16. The number of aldehydes is 1. The lowest BCUT2D eigenvalue weighted by molar-refractivity contribution is -0.109. The normalized spacial score (nSPS) is 11.6. The monoisotopic (exact) mass is 256 g/mol. The number of hydrogen-bond donors (Lipinski definition) is 0. The third-order valence-corrected chi connectivity index (χ3v) is 3.48. The van der Waals surface area contributed by atoms with Gasteiger partial charge in [0.05, 0.1) is 12.9 Å². The molecule has 16 heavy (non-hydrogen) atoms. The van der Waals surface area contributed by atoms with Crippen LogP contribution in [-0.4, -0.2) is 24.4 Å². The number of benzene rings is 1. The molecule has 1 aromatic rings. The van der Waals surface area contributed by atoms with Gasteiger partial charge in [-0.05, 0) is 51.4 Å². The van der Waals surface area contributed by atoms with Gasteiger partial charge in [0.1, 0.15) is 12.0 Å². The molecule has 0 aliphatic carbocycles. The maximum absolute atomic E-state index is 10.8. The number of carbonyl (C=O) groups is 1. The first kappa shape index (κ1) is 13.5. The Morgan fingerprint density at radius 1 is 1.25 bits per heavy atom. The quantitative estimate of drug-likeness (QED) is 0.455. The van der Waals surface area contributed by atoms with Crippen molar-refractivity contribution in [3.8, 4) is 5.75 Å². The zero-order valence-electron chi connectivity index (χ0n) is 10.1. The molecule has 2 nitrogen and oxygen atoms in total. The maximum Gasteiger partial charge on any atom is 0.135 e. The minimum Gasteiger partial charge on any atom is -0.475 e. The number of carbonyl (C=O) groups excluding carboxylic acids is 1. The largest absolute Gasteiger partial charge is 0.475 e. The summed E-state index contributed by atoms with van der Waals surface area (Å²) in [5.74, 6) is 0.893. The van der Waals surface area contributed by atoms with Gasteiger partial charge >= 0.3 is 0 Å². The van der Waals surface area contributed by atoms with Crippen molar-refractivity contribution in [2.24, 2.45) is 0 Å². The molecular weight excluding hydrogens is 239 g/mol. The lowest BCUT2D eigenvalue weighted by Crippen LogP contribution is -2.15. The maximum atomic E-state index is 10.8. The molecule has 88 valence electrons. The Morgan fingerprint density at radius 3 is 2.25 bits per heavy atom. The van der Waals surface area contributed by atoms with Gasteiger partial charge in [-0.1, -0.05) is 0 Å². The van der Waals surface area contributed by atoms with Crippen molar-refractivity contribution >= 4 is 26.2 Å². The minimum absolute atomic E-state index is 0.371. The molecule has 0 amide bonds. The smallest absolute Gasteiger partial charge is 0.135 e. The summed E-state index contributed by atoms with van der Waals surface area (Å²) >= 11 is 1.56. The van der Waals surface area contributed by atoms with E-state index in [1.54, 1.807) is 11.8 Å². The van der Waals surface area contributed by atoms with Crippen LogP contribution in [0.15, 0.2) is 29.2 Å². The van der Waals surface area contributed by atoms with E-state index >= 15 is 0 Å². The third-order valence-electron chi connectivity index (χ3n) is 1.78. The predicted molar refractivity (Wildman–Crippen MR) is 71.8 cm³/mol. The number of thioether (sulfide) groups is 1. The summed E-state index contributed by atoms with van der Waals surface area (Å²) in [6.45, 7) is 7.94. The molecule has 0 fully saturated rings. The summed E-state index contributed by atoms with van der Waals surface area (Å²) in [6, 6.07) is 7.88. The zero-order chi connectivity index (χ0) is 12.2. The molecule has 0 atom stereocenters. The van der Waals surface area contributed by atoms with Crippen LogP contribution in [0.4, 0.5) is 0 Å². The molecule has 4 heteroatoms. The fourth-order valence-corrected chi connectivity index (χ4v) is 2.58. The summed E-state index contributed by atoms with van der Waals surface area (Å²) in [7, 11) is -0.379. The first-order valence-electron chi connectivity index (χ1n) is 5.04. The Labute approximate surface area is 103 Å². The lowest BCUT2D eigenvalue weighted by atomic mass is 10.2. The van der Waals surface area contributed by atoms with Crippen LogP contribution in [0.5, 0.6) is 5.75 Å². The standard InChI is InChI=1S/C12H17O2PS/c1-12(2,9-13)16-11-7-5-10(6-8-11)14-15(3)4/h5-9H,1-4H3. The van der Waals surface area contributed by atoms with Crippen LogP contribution in [0, 0.1) is 0 Å². The molecule has 0 saturated carbocycles. The van der Waals surface area contributed by atoms with E-state index in [9.17, 15) is 4.79 Å². The summed E-state index contributed by atoms with van der Waals surface area (Å²) in [6.07, 6.45) is 0.972. The fraction of sp³-hybridized carbons (Fsp3) is 0.417. The SMILES string of the molecule is CP(C)Oc1ccc(SC(C)(C)C=O)cc1. The molecular formula is C12H17O2PS. The Kier molecular flexibility index (Phi) is 4.82. The highest BCUT2D eigenvalue weighted by atomic mass is 32.2. The second kappa shape index (κ2) is 5.70. The van der Waals surface area contributed by atoms with Crippen molar-refractivity contribution in [1.29, 1.82) is 0 Å². The molecule has 0 spiro atoms. The van der Waals surface area contributed by atoms with Gasteiger partial charge in [0.15, 0.2) is 0 Å². The Morgan fingerprint density at radius 2 is 1.81 bits per heavy atom. The fourth-order valence-electron chi connectivity index (χ4n) is 1.11. The highest BCUT2D eigenvalue weighted by Gasteiger charge is 2.17. The molecule has 0 N–H and O–H groups in total. The van der Waals surface area contributed by atoms with Crippen molar-refractivity contribution in [3.63, 3.8) is 0 Å². The summed E-state index contributed by atoms with van der Waals surface area (Å²) in [5.41, 5.74) is 0. The Balaban J connectivity index is 2.68. The average Bonchev–Trinajstić information content (AvgIpc) is 2.20. The van der Waals surface area contributed by atoms with Crippen LogP contribution in [0.3, 0.4) is 0 Å². The molecule has 0 aromatic heterocycles. The van der Waals surface area contributed by atoms with Gasteiger partial charge in [-0.2, -0.15) is 0 Å². The molecule has 0 aliphatic heterocycles. The van der Waals surface area contributed by atoms with E-state index in [1.165, 1.54) is 0 Å². The van der Waals surface area contributed by atoms with Crippen molar-refractivity contribution in [2.75, 3.05) is 13.3 Å². The van der Waals surface area contributed by atoms with E-state index in [0.29, 0.717) is 0 Å². The van der Waals surface area contributed by atoms with E-state index in [-0.39, 0.29) is 12.9 Å². The van der Waals surface area contributed by atoms with Gasteiger partial charge in [0.25, 0.3) is 0 Å². The van der Waals surface area contributed by atoms with E-state index in [0.717, 1.165) is 16.9 Å². The van der Waals surface area contributed by atoms with Crippen LogP contribution in [0.25, 0.3) is 0 Å². The molecule has 0 saturated heterocycles. The van der Waals surface area contributed by atoms with E-state index in [4.69, 9.17) is 4.52 Å². The molecule has 0 unspecified atom stereocenters. The second-order valence-corrected chi connectivity index (χ2v) is 7.73. The van der Waals surface area contributed by atoms with E-state index in [1.807, 2.05) is 38.1 Å².